The van der Waals surface area contributed by atoms with Crippen LogP contribution in [0.2, 0.25) is 0 Å². The summed E-state index contributed by atoms with van der Waals surface area (Å²) in [5, 5.41) is 0. The predicted molar refractivity (Wildman–Crippen MR) is 118 cm³/mol. The van der Waals surface area contributed by atoms with Crippen molar-refractivity contribution >= 4 is 15.9 Å². The lowest BCUT2D eigenvalue weighted by Gasteiger charge is -2.33. The van der Waals surface area contributed by atoms with Gasteiger partial charge in [-0.25, -0.2) is 8.42 Å². The summed E-state index contributed by atoms with van der Waals surface area (Å²) in [7, 11) is -3.66. The standard InChI is InChI=1S/C24H30N2O3S/c1-18(2)26(22-11-5-6-12-22)24(27)20-10-7-13-23(16-20)30(28,29)25-15-14-19-8-3-4-9-21(19)17-25/h3-4,7-10,13,16,18,22H,5-6,11-12,14-15,17H2,1-2H3. The van der Waals surface area contributed by atoms with Crippen molar-refractivity contribution in [3.05, 3.63) is 65.2 Å². The normalized spacial score (nSPS) is 17.8. The van der Waals surface area contributed by atoms with E-state index >= 15 is 0 Å². The van der Waals surface area contributed by atoms with E-state index in [4.69, 9.17) is 0 Å². The second-order valence-corrected chi connectivity index (χ2v) is 10.6. The van der Waals surface area contributed by atoms with Gasteiger partial charge in [0.05, 0.1) is 4.90 Å². The van der Waals surface area contributed by atoms with Crippen molar-refractivity contribution in [2.24, 2.45) is 0 Å². The highest BCUT2D eigenvalue weighted by Crippen LogP contribution is 2.29. The zero-order valence-electron chi connectivity index (χ0n) is 17.8. The van der Waals surface area contributed by atoms with Crippen LogP contribution in [0, 0.1) is 0 Å². The quantitative estimate of drug-likeness (QED) is 0.719. The van der Waals surface area contributed by atoms with E-state index in [-0.39, 0.29) is 22.9 Å². The zero-order valence-corrected chi connectivity index (χ0v) is 18.6. The molecule has 1 fully saturated rings. The molecule has 5 nitrogen and oxygen atoms in total. The Morgan fingerprint density at radius 1 is 1.03 bits per heavy atom. The number of amides is 1. The molecule has 0 atom stereocenters. The molecule has 2 aliphatic rings. The second kappa shape index (κ2) is 8.52. The van der Waals surface area contributed by atoms with Crippen LogP contribution >= 0.6 is 0 Å². The third-order valence-corrected chi connectivity index (χ3v) is 8.16. The second-order valence-electron chi connectivity index (χ2n) is 8.63. The van der Waals surface area contributed by atoms with E-state index in [2.05, 4.69) is 6.07 Å². The fourth-order valence-corrected chi connectivity index (χ4v) is 6.23. The van der Waals surface area contributed by atoms with Gasteiger partial charge in [0.2, 0.25) is 10.0 Å². The van der Waals surface area contributed by atoms with E-state index in [1.807, 2.05) is 36.9 Å². The van der Waals surface area contributed by atoms with Crippen LogP contribution in [0.4, 0.5) is 0 Å². The van der Waals surface area contributed by atoms with Gasteiger partial charge in [-0.05, 0) is 62.4 Å². The molecule has 1 saturated carbocycles. The van der Waals surface area contributed by atoms with E-state index in [1.165, 1.54) is 9.87 Å². The third kappa shape index (κ3) is 4.03. The fourth-order valence-electron chi connectivity index (χ4n) is 4.77. The Bertz CT molecular complexity index is 1030. The van der Waals surface area contributed by atoms with E-state index in [0.29, 0.717) is 25.1 Å². The number of hydrogen-bond donors (Lipinski definition) is 0. The average Bonchev–Trinajstić information content (AvgIpc) is 3.27. The predicted octanol–water partition coefficient (Wildman–Crippen LogP) is 4.23. The van der Waals surface area contributed by atoms with E-state index < -0.39 is 10.0 Å². The summed E-state index contributed by atoms with van der Waals surface area (Å²) in [6, 6.07) is 14.9. The molecule has 30 heavy (non-hydrogen) atoms. The summed E-state index contributed by atoms with van der Waals surface area (Å²) in [5.41, 5.74) is 2.71. The maximum atomic E-state index is 13.3. The van der Waals surface area contributed by atoms with Crippen LogP contribution in [0.25, 0.3) is 0 Å². The summed E-state index contributed by atoms with van der Waals surface area (Å²) >= 11 is 0. The lowest BCUT2D eigenvalue weighted by molar-refractivity contribution is 0.0613. The van der Waals surface area contributed by atoms with Crippen LogP contribution in [0.15, 0.2) is 53.4 Å². The molecule has 1 aliphatic carbocycles. The molecule has 0 bridgehead atoms. The SMILES string of the molecule is CC(C)N(C(=O)c1cccc(S(=O)(=O)N2CCc3ccccc3C2)c1)C1CCCC1. The topological polar surface area (TPSA) is 57.7 Å². The Morgan fingerprint density at radius 3 is 2.43 bits per heavy atom. The minimum Gasteiger partial charge on any atom is -0.333 e. The highest BCUT2D eigenvalue weighted by molar-refractivity contribution is 7.89. The molecule has 2 aromatic carbocycles. The lowest BCUT2D eigenvalue weighted by Crippen LogP contribution is -2.43. The lowest BCUT2D eigenvalue weighted by atomic mass is 10.0. The van der Waals surface area contributed by atoms with Gasteiger partial charge in [-0.15, -0.1) is 0 Å². The highest BCUT2D eigenvalue weighted by atomic mass is 32.2. The van der Waals surface area contributed by atoms with Gasteiger partial charge >= 0.3 is 0 Å². The largest absolute Gasteiger partial charge is 0.333 e. The molecular weight excluding hydrogens is 396 g/mol. The van der Waals surface area contributed by atoms with Crippen molar-refractivity contribution in [1.82, 2.24) is 9.21 Å². The minimum atomic E-state index is -3.66. The Balaban J connectivity index is 1.60. The van der Waals surface area contributed by atoms with E-state index in [9.17, 15) is 13.2 Å². The van der Waals surface area contributed by atoms with Gasteiger partial charge in [-0.2, -0.15) is 4.31 Å². The molecule has 2 aromatic rings. The number of sulfonamides is 1. The monoisotopic (exact) mass is 426 g/mol. The van der Waals surface area contributed by atoms with Crippen molar-refractivity contribution in [2.45, 2.75) is 69.5 Å². The number of benzene rings is 2. The number of hydrogen-bond acceptors (Lipinski definition) is 3. The van der Waals surface area contributed by atoms with Crippen molar-refractivity contribution < 1.29 is 13.2 Å². The Hall–Kier alpha value is -2.18. The first-order chi connectivity index (χ1) is 14.4. The molecule has 0 unspecified atom stereocenters. The summed E-state index contributed by atoms with van der Waals surface area (Å²) in [6.45, 7) is 4.89. The van der Waals surface area contributed by atoms with E-state index in [0.717, 1.165) is 31.2 Å². The molecular formula is C24H30N2O3S. The van der Waals surface area contributed by atoms with Gasteiger partial charge in [0.15, 0.2) is 0 Å². The smallest absolute Gasteiger partial charge is 0.254 e. The first kappa shape index (κ1) is 21.1. The molecule has 0 aromatic heterocycles. The zero-order chi connectivity index (χ0) is 21.3. The Labute approximate surface area is 179 Å². The number of nitrogens with zero attached hydrogens (tertiary/aromatic N) is 2. The molecule has 1 amide bonds. The first-order valence-electron chi connectivity index (χ1n) is 10.9. The molecule has 160 valence electrons. The average molecular weight is 427 g/mol. The Kier molecular flexibility index (Phi) is 5.98. The number of carbonyl (C=O) groups excluding carboxylic acids is 1. The maximum absolute atomic E-state index is 13.3. The van der Waals surface area contributed by atoms with Gasteiger partial charge in [0.1, 0.15) is 0 Å². The number of fused-ring (bicyclic) bond motifs is 1. The fraction of sp³-hybridized carbons (Fsp3) is 0.458. The van der Waals surface area contributed by atoms with Crippen LogP contribution in [0.5, 0.6) is 0 Å². The highest BCUT2D eigenvalue weighted by Gasteiger charge is 2.32. The molecule has 4 rings (SSSR count). The van der Waals surface area contributed by atoms with Crippen molar-refractivity contribution in [1.29, 1.82) is 0 Å². The molecule has 0 radical (unpaired) electrons. The molecule has 1 heterocycles. The van der Waals surface area contributed by atoms with Gasteiger partial charge in [-0.3, -0.25) is 4.79 Å². The van der Waals surface area contributed by atoms with Gasteiger partial charge in [0.25, 0.3) is 5.91 Å². The summed E-state index contributed by atoms with van der Waals surface area (Å²) < 4.78 is 28.2. The molecule has 0 spiro atoms. The van der Waals surface area contributed by atoms with Gasteiger partial charge in [0, 0.05) is 30.7 Å². The summed E-state index contributed by atoms with van der Waals surface area (Å²) in [6.07, 6.45) is 5.04. The van der Waals surface area contributed by atoms with Crippen molar-refractivity contribution in [2.75, 3.05) is 6.54 Å². The molecule has 0 N–H and O–H groups in total. The minimum absolute atomic E-state index is 0.0714. The summed E-state index contributed by atoms with van der Waals surface area (Å²) in [5.74, 6) is -0.0714. The number of rotatable bonds is 5. The van der Waals surface area contributed by atoms with Crippen LogP contribution in [-0.2, 0) is 23.0 Å². The molecule has 6 heteroatoms. The van der Waals surface area contributed by atoms with E-state index in [1.54, 1.807) is 24.3 Å². The third-order valence-electron chi connectivity index (χ3n) is 6.32. The first-order valence-corrected chi connectivity index (χ1v) is 12.3. The molecule has 0 saturated heterocycles. The van der Waals surface area contributed by atoms with Gasteiger partial charge < -0.3 is 4.90 Å². The van der Waals surface area contributed by atoms with Crippen LogP contribution in [0.3, 0.4) is 0 Å². The van der Waals surface area contributed by atoms with Crippen molar-refractivity contribution in [3.63, 3.8) is 0 Å². The number of carbonyl (C=O) groups is 1. The maximum Gasteiger partial charge on any atom is 0.254 e. The van der Waals surface area contributed by atoms with Gasteiger partial charge in [-0.1, -0.05) is 43.2 Å². The van der Waals surface area contributed by atoms with Crippen LogP contribution < -0.4 is 0 Å². The Morgan fingerprint density at radius 2 is 1.73 bits per heavy atom. The molecule has 1 aliphatic heterocycles. The summed E-state index contributed by atoms with van der Waals surface area (Å²) in [4.78, 5) is 15.4. The van der Waals surface area contributed by atoms with Crippen LogP contribution in [0.1, 0.15) is 61.0 Å². The van der Waals surface area contributed by atoms with Crippen molar-refractivity contribution in [3.8, 4) is 0 Å². The van der Waals surface area contributed by atoms with Crippen LogP contribution in [-0.4, -0.2) is 42.2 Å².